The highest BCUT2D eigenvalue weighted by Gasteiger charge is 2.28. The molecule has 0 amide bonds. The summed E-state index contributed by atoms with van der Waals surface area (Å²) < 4.78 is 38.2. The molecule has 3 rings (SSSR count). The third kappa shape index (κ3) is 2.44. The zero-order valence-electron chi connectivity index (χ0n) is 11.6. The van der Waals surface area contributed by atoms with Gasteiger partial charge in [0.15, 0.2) is 0 Å². The molecule has 0 atom stereocenters. The van der Waals surface area contributed by atoms with Gasteiger partial charge in [0.05, 0.1) is 24.7 Å². The quantitative estimate of drug-likeness (QED) is 0.904. The molecule has 2 aliphatic rings. The van der Waals surface area contributed by atoms with Crippen LogP contribution in [0.2, 0.25) is 0 Å². The van der Waals surface area contributed by atoms with Crippen LogP contribution < -0.4 is 14.2 Å². The van der Waals surface area contributed by atoms with E-state index in [2.05, 4.69) is 4.72 Å². The van der Waals surface area contributed by atoms with E-state index in [1.807, 2.05) is 13.0 Å². The van der Waals surface area contributed by atoms with Gasteiger partial charge in [-0.1, -0.05) is 13.3 Å². The summed E-state index contributed by atoms with van der Waals surface area (Å²) in [4.78, 5) is 0. The molecule has 6 heteroatoms. The SMILES string of the molecule is CCCCS(=O)(=O)Nc1c2c(cc3c1OCC3)OCC2. The smallest absolute Gasteiger partial charge is 0.232 e. The molecule has 5 nitrogen and oxygen atoms in total. The highest BCUT2D eigenvalue weighted by atomic mass is 32.2. The van der Waals surface area contributed by atoms with Crippen molar-refractivity contribution in [3.05, 3.63) is 17.2 Å². The molecule has 0 bridgehead atoms. The summed E-state index contributed by atoms with van der Waals surface area (Å²) in [6.45, 7) is 3.17. The number of nitrogens with one attached hydrogen (secondary N) is 1. The van der Waals surface area contributed by atoms with Crippen molar-refractivity contribution in [3.63, 3.8) is 0 Å². The van der Waals surface area contributed by atoms with Crippen LogP contribution >= 0.6 is 0 Å². The van der Waals surface area contributed by atoms with Gasteiger partial charge in [-0.3, -0.25) is 4.72 Å². The molecule has 0 aliphatic carbocycles. The normalized spacial score (nSPS) is 16.2. The lowest BCUT2D eigenvalue weighted by atomic mass is 10.0. The third-order valence-electron chi connectivity index (χ3n) is 3.67. The van der Waals surface area contributed by atoms with E-state index in [1.165, 1.54) is 0 Å². The fraction of sp³-hybridized carbons (Fsp3) is 0.571. The van der Waals surface area contributed by atoms with E-state index >= 15 is 0 Å². The number of sulfonamides is 1. The number of rotatable bonds is 5. The molecule has 0 fully saturated rings. The van der Waals surface area contributed by atoms with Gasteiger partial charge in [-0.25, -0.2) is 8.42 Å². The summed E-state index contributed by atoms with van der Waals surface area (Å²) >= 11 is 0. The van der Waals surface area contributed by atoms with Gasteiger partial charge in [-0.05, 0) is 12.5 Å². The first kappa shape index (κ1) is 13.5. The van der Waals surface area contributed by atoms with E-state index in [0.717, 1.165) is 36.1 Å². The number of unbranched alkanes of at least 4 members (excludes halogenated alkanes) is 1. The average molecular weight is 297 g/mol. The van der Waals surface area contributed by atoms with E-state index in [4.69, 9.17) is 9.47 Å². The van der Waals surface area contributed by atoms with Crippen LogP contribution in [-0.4, -0.2) is 27.4 Å². The number of ether oxygens (including phenoxy) is 2. The fourth-order valence-corrected chi connectivity index (χ4v) is 3.93. The minimum absolute atomic E-state index is 0.142. The summed E-state index contributed by atoms with van der Waals surface area (Å²) in [5.41, 5.74) is 2.55. The topological polar surface area (TPSA) is 64.6 Å². The highest BCUT2D eigenvalue weighted by Crippen LogP contribution is 2.44. The zero-order chi connectivity index (χ0) is 14.2. The lowest BCUT2D eigenvalue weighted by Gasteiger charge is -2.15. The van der Waals surface area contributed by atoms with Crippen LogP contribution in [0.5, 0.6) is 11.5 Å². The van der Waals surface area contributed by atoms with Crippen LogP contribution in [0.15, 0.2) is 6.07 Å². The minimum Gasteiger partial charge on any atom is -0.493 e. The van der Waals surface area contributed by atoms with E-state index in [9.17, 15) is 8.42 Å². The molecule has 0 saturated carbocycles. The Hall–Kier alpha value is -1.43. The van der Waals surface area contributed by atoms with Gasteiger partial charge >= 0.3 is 0 Å². The summed E-state index contributed by atoms with van der Waals surface area (Å²) in [5.74, 6) is 1.62. The van der Waals surface area contributed by atoms with Crippen LogP contribution in [-0.2, 0) is 22.9 Å². The maximum absolute atomic E-state index is 12.2. The number of fused-ring (bicyclic) bond motifs is 2. The molecule has 0 unspecified atom stereocenters. The van der Waals surface area contributed by atoms with Crippen LogP contribution in [0.25, 0.3) is 0 Å². The molecule has 1 aromatic carbocycles. The zero-order valence-corrected chi connectivity index (χ0v) is 12.4. The van der Waals surface area contributed by atoms with Crippen LogP contribution in [0.4, 0.5) is 5.69 Å². The van der Waals surface area contributed by atoms with Crippen molar-refractivity contribution in [3.8, 4) is 11.5 Å². The number of hydrogen-bond acceptors (Lipinski definition) is 4. The molecule has 2 aliphatic heterocycles. The predicted molar refractivity (Wildman–Crippen MR) is 77.2 cm³/mol. The lowest BCUT2D eigenvalue weighted by molar-refractivity contribution is 0.356. The van der Waals surface area contributed by atoms with Crippen LogP contribution in [0.3, 0.4) is 0 Å². The molecule has 1 N–H and O–H groups in total. The van der Waals surface area contributed by atoms with Gasteiger partial charge in [0, 0.05) is 24.0 Å². The molecule has 110 valence electrons. The van der Waals surface area contributed by atoms with Crippen molar-refractivity contribution >= 4 is 15.7 Å². The van der Waals surface area contributed by atoms with Crippen LogP contribution in [0.1, 0.15) is 30.9 Å². The second kappa shape index (κ2) is 5.16. The Labute approximate surface area is 119 Å². The maximum Gasteiger partial charge on any atom is 0.232 e. The fourth-order valence-electron chi connectivity index (χ4n) is 2.63. The van der Waals surface area contributed by atoms with Gasteiger partial charge in [-0.15, -0.1) is 0 Å². The number of benzene rings is 1. The molecule has 2 heterocycles. The molecule has 0 radical (unpaired) electrons. The highest BCUT2D eigenvalue weighted by molar-refractivity contribution is 7.92. The van der Waals surface area contributed by atoms with Gasteiger partial charge < -0.3 is 9.47 Å². The van der Waals surface area contributed by atoms with E-state index in [-0.39, 0.29) is 5.75 Å². The standard InChI is InChI=1S/C14H19NO4S/c1-2-3-8-20(16,17)15-13-11-5-7-18-12(11)9-10-4-6-19-14(10)13/h9,15H,2-8H2,1H3. The first-order chi connectivity index (χ1) is 9.61. The first-order valence-corrected chi connectivity index (χ1v) is 8.71. The third-order valence-corrected chi connectivity index (χ3v) is 5.02. The number of anilines is 1. The number of hydrogen-bond donors (Lipinski definition) is 1. The summed E-state index contributed by atoms with van der Waals surface area (Å²) in [5, 5.41) is 0. The molecule has 0 saturated heterocycles. The minimum atomic E-state index is -3.33. The summed E-state index contributed by atoms with van der Waals surface area (Å²) in [6, 6.07) is 1.98. The molecule has 1 aromatic rings. The second-order valence-electron chi connectivity index (χ2n) is 5.19. The van der Waals surface area contributed by atoms with Crippen molar-refractivity contribution < 1.29 is 17.9 Å². The first-order valence-electron chi connectivity index (χ1n) is 7.05. The molecule has 0 spiro atoms. The molecular weight excluding hydrogens is 278 g/mol. The van der Waals surface area contributed by atoms with Gasteiger partial charge in [0.2, 0.25) is 10.0 Å². The van der Waals surface area contributed by atoms with Crippen molar-refractivity contribution in [2.24, 2.45) is 0 Å². The monoisotopic (exact) mass is 297 g/mol. The van der Waals surface area contributed by atoms with Crippen molar-refractivity contribution in [1.82, 2.24) is 0 Å². The summed E-state index contributed by atoms with van der Waals surface area (Å²) in [7, 11) is -3.33. The van der Waals surface area contributed by atoms with Gasteiger partial charge in [0.25, 0.3) is 0 Å². The lowest BCUT2D eigenvalue weighted by Crippen LogP contribution is -2.18. The van der Waals surface area contributed by atoms with Crippen molar-refractivity contribution in [1.29, 1.82) is 0 Å². The van der Waals surface area contributed by atoms with Crippen molar-refractivity contribution in [2.45, 2.75) is 32.6 Å². The Morgan fingerprint density at radius 1 is 1.25 bits per heavy atom. The predicted octanol–water partition coefficient (Wildman–Crippen LogP) is 2.10. The molecule has 20 heavy (non-hydrogen) atoms. The Kier molecular flexibility index (Phi) is 3.50. The largest absolute Gasteiger partial charge is 0.493 e. The molecule has 0 aromatic heterocycles. The van der Waals surface area contributed by atoms with Crippen molar-refractivity contribution in [2.75, 3.05) is 23.7 Å². The second-order valence-corrected chi connectivity index (χ2v) is 7.03. The van der Waals surface area contributed by atoms with Crippen LogP contribution in [0, 0.1) is 0 Å². The Morgan fingerprint density at radius 2 is 2.05 bits per heavy atom. The Bertz CT molecular complexity index is 592. The average Bonchev–Trinajstić information content (AvgIpc) is 3.04. The Balaban J connectivity index is 1.97. The van der Waals surface area contributed by atoms with Gasteiger partial charge in [-0.2, -0.15) is 0 Å². The van der Waals surface area contributed by atoms with E-state index in [1.54, 1.807) is 0 Å². The Morgan fingerprint density at radius 3 is 2.85 bits per heavy atom. The molecular formula is C14H19NO4S. The summed E-state index contributed by atoms with van der Waals surface area (Å²) in [6.07, 6.45) is 3.03. The van der Waals surface area contributed by atoms with Gasteiger partial charge in [0.1, 0.15) is 11.5 Å². The van der Waals surface area contributed by atoms with E-state index in [0.29, 0.717) is 31.1 Å². The maximum atomic E-state index is 12.2. The van der Waals surface area contributed by atoms with E-state index < -0.39 is 10.0 Å².